The van der Waals surface area contributed by atoms with Gasteiger partial charge in [0.2, 0.25) is 0 Å². The van der Waals surface area contributed by atoms with Gasteiger partial charge in [-0.05, 0) is 19.8 Å². The summed E-state index contributed by atoms with van der Waals surface area (Å²) in [5.74, 6) is -1.07. The molecule has 1 rings (SSSR count). The first-order valence-corrected chi connectivity index (χ1v) is 4.84. The monoisotopic (exact) mass is 200 g/mol. The zero-order chi connectivity index (χ0) is 9.84. The van der Waals surface area contributed by atoms with E-state index in [1.807, 2.05) is 6.92 Å². The van der Waals surface area contributed by atoms with Crippen molar-refractivity contribution in [2.45, 2.75) is 26.3 Å². The van der Waals surface area contributed by atoms with Crippen LogP contribution in [0.5, 0.6) is 0 Å². The SMILES string of the molecule is Cc1csc(=O)n1CCCC(=O)[O-]. The summed E-state index contributed by atoms with van der Waals surface area (Å²) in [4.78, 5) is 21.2. The molecule has 0 saturated carbocycles. The Hall–Kier alpha value is -1.10. The van der Waals surface area contributed by atoms with Crippen molar-refractivity contribution in [1.82, 2.24) is 4.57 Å². The topological polar surface area (TPSA) is 62.1 Å². The van der Waals surface area contributed by atoms with Crippen molar-refractivity contribution in [1.29, 1.82) is 0 Å². The third kappa shape index (κ3) is 2.69. The highest BCUT2D eigenvalue weighted by Crippen LogP contribution is 2.01. The standard InChI is InChI=1S/C8H11NO3S/c1-6-5-13-8(12)9(6)4-2-3-7(10)11/h5H,2-4H2,1H3,(H,10,11)/p-1. The van der Waals surface area contributed by atoms with Gasteiger partial charge in [0.1, 0.15) is 0 Å². The molecule has 0 spiro atoms. The summed E-state index contributed by atoms with van der Waals surface area (Å²) in [5.41, 5.74) is 0.883. The summed E-state index contributed by atoms with van der Waals surface area (Å²) in [6.45, 7) is 2.29. The first-order valence-electron chi connectivity index (χ1n) is 3.96. The van der Waals surface area contributed by atoms with E-state index in [4.69, 9.17) is 0 Å². The number of carboxylic acids is 1. The summed E-state index contributed by atoms with van der Waals surface area (Å²) in [6.07, 6.45) is 0.446. The van der Waals surface area contributed by atoms with Crippen molar-refractivity contribution in [2.24, 2.45) is 0 Å². The molecule has 0 saturated heterocycles. The van der Waals surface area contributed by atoms with Crippen LogP contribution in [0.1, 0.15) is 18.5 Å². The number of aliphatic carboxylic acids is 1. The molecular formula is C8H10NO3S-. The molecule has 1 heterocycles. The Morgan fingerprint density at radius 1 is 1.69 bits per heavy atom. The van der Waals surface area contributed by atoms with Gasteiger partial charge in [0.05, 0.1) is 0 Å². The fourth-order valence-corrected chi connectivity index (χ4v) is 1.82. The molecule has 0 bridgehead atoms. The predicted molar refractivity (Wildman–Crippen MR) is 47.6 cm³/mol. The van der Waals surface area contributed by atoms with Gasteiger partial charge in [-0.25, -0.2) is 0 Å². The molecule has 0 aliphatic carbocycles. The number of hydrogen-bond acceptors (Lipinski definition) is 4. The van der Waals surface area contributed by atoms with Crippen LogP contribution in [0.15, 0.2) is 10.2 Å². The highest BCUT2D eigenvalue weighted by atomic mass is 32.1. The molecule has 13 heavy (non-hydrogen) atoms. The second kappa shape index (κ2) is 4.23. The fourth-order valence-electron chi connectivity index (χ4n) is 1.06. The summed E-state index contributed by atoms with van der Waals surface area (Å²) < 4.78 is 1.58. The zero-order valence-corrected chi connectivity index (χ0v) is 8.10. The zero-order valence-electron chi connectivity index (χ0n) is 7.28. The average Bonchev–Trinajstić information content (AvgIpc) is 2.34. The van der Waals surface area contributed by atoms with E-state index in [1.165, 1.54) is 0 Å². The van der Waals surface area contributed by atoms with Gasteiger partial charge >= 0.3 is 4.87 Å². The number of carbonyl (C=O) groups excluding carboxylic acids is 1. The number of carbonyl (C=O) groups is 1. The van der Waals surface area contributed by atoms with Gasteiger partial charge in [-0.2, -0.15) is 0 Å². The Morgan fingerprint density at radius 3 is 2.85 bits per heavy atom. The van der Waals surface area contributed by atoms with E-state index < -0.39 is 5.97 Å². The number of rotatable bonds is 4. The molecular weight excluding hydrogens is 190 g/mol. The Balaban J connectivity index is 2.54. The van der Waals surface area contributed by atoms with E-state index >= 15 is 0 Å². The maximum absolute atomic E-state index is 11.1. The lowest BCUT2D eigenvalue weighted by Gasteiger charge is -2.04. The molecule has 1 aromatic rings. The minimum absolute atomic E-state index is 0.00171. The normalized spacial score (nSPS) is 10.2. The van der Waals surface area contributed by atoms with Crippen LogP contribution in [0.2, 0.25) is 0 Å². The molecule has 0 aliphatic heterocycles. The van der Waals surface area contributed by atoms with E-state index in [1.54, 1.807) is 9.95 Å². The molecule has 0 aliphatic rings. The molecule has 72 valence electrons. The largest absolute Gasteiger partial charge is 0.550 e. The third-order valence-electron chi connectivity index (χ3n) is 1.74. The van der Waals surface area contributed by atoms with E-state index in [2.05, 4.69) is 0 Å². The molecule has 5 heteroatoms. The highest BCUT2D eigenvalue weighted by molar-refractivity contribution is 7.07. The van der Waals surface area contributed by atoms with Crippen LogP contribution in [0, 0.1) is 6.92 Å². The third-order valence-corrected chi connectivity index (χ3v) is 2.62. The van der Waals surface area contributed by atoms with Crippen molar-refractivity contribution < 1.29 is 9.90 Å². The minimum atomic E-state index is -1.07. The lowest BCUT2D eigenvalue weighted by molar-refractivity contribution is -0.305. The highest BCUT2D eigenvalue weighted by Gasteiger charge is 2.01. The van der Waals surface area contributed by atoms with Crippen molar-refractivity contribution in [3.05, 3.63) is 20.7 Å². The van der Waals surface area contributed by atoms with Gasteiger partial charge in [0.25, 0.3) is 0 Å². The number of hydrogen-bond donors (Lipinski definition) is 0. The van der Waals surface area contributed by atoms with Crippen LogP contribution in [0.25, 0.3) is 0 Å². The van der Waals surface area contributed by atoms with Crippen LogP contribution in [0.4, 0.5) is 0 Å². The van der Waals surface area contributed by atoms with E-state index in [9.17, 15) is 14.7 Å². The number of aromatic nitrogens is 1. The van der Waals surface area contributed by atoms with Crippen molar-refractivity contribution in [2.75, 3.05) is 0 Å². The summed E-state index contributed by atoms with van der Waals surface area (Å²) in [7, 11) is 0. The molecule has 0 unspecified atom stereocenters. The maximum atomic E-state index is 11.1. The Kier molecular flexibility index (Phi) is 3.25. The Morgan fingerprint density at radius 2 is 2.38 bits per heavy atom. The Bertz CT molecular complexity index is 353. The van der Waals surface area contributed by atoms with Gasteiger partial charge < -0.3 is 14.5 Å². The molecule has 0 aromatic carbocycles. The van der Waals surface area contributed by atoms with Crippen LogP contribution in [0.3, 0.4) is 0 Å². The average molecular weight is 200 g/mol. The lowest BCUT2D eigenvalue weighted by Crippen LogP contribution is -2.23. The number of nitrogens with zero attached hydrogens (tertiary/aromatic N) is 1. The minimum Gasteiger partial charge on any atom is -0.550 e. The number of thiazole rings is 1. The molecule has 0 fully saturated rings. The number of carboxylic acid groups (broad SMARTS) is 1. The number of aryl methyl sites for hydroxylation is 1. The van der Waals surface area contributed by atoms with Gasteiger partial charge in [0.15, 0.2) is 0 Å². The van der Waals surface area contributed by atoms with Crippen LogP contribution in [-0.2, 0) is 11.3 Å². The lowest BCUT2D eigenvalue weighted by atomic mass is 10.3. The summed E-state index contributed by atoms with van der Waals surface area (Å²) in [6, 6.07) is 0. The second-order valence-electron chi connectivity index (χ2n) is 2.77. The Labute approximate surface area is 79.4 Å². The molecule has 0 N–H and O–H groups in total. The van der Waals surface area contributed by atoms with Gasteiger partial charge in [-0.3, -0.25) is 4.79 Å². The molecule has 0 radical (unpaired) electrons. The first kappa shape index (κ1) is 9.98. The summed E-state index contributed by atoms with van der Waals surface area (Å²) in [5, 5.41) is 11.9. The van der Waals surface area contributed by atoms with E-state index in [0.717, 1.165) is 17.0 Å². The van der Waals surface area contributed by atoms with Crippen molar-refractivity contribution >= 4 is 17.3 Å². The molecule has 4 nitrogen and oxygen atoms in total. The van der Waals surface area contributed by atoms with Crippen LogP contribution >= 0.6 is 11.3 Å². The molecule has 0 atom stereocenters. The molecule has 0 amide bonds. The molecule has 1 aromatic heterocycles. The smallest absolute Gasteiger partial charge is 0.307 e. The quantitative estimate of drug-likeness (QED) is 0.673. The van der Waals surface area contributed by atoms with Crippen molar-refractivity contribution in [3.63, 3.8) is 0 Å². The van der Waals surface area contributed by atoms with Gasteiger partial charge in [-0.1, -0.05) is 11.3 Å². The summed E-state index contributed by atoms with van der Waals surface area (Å²) >= 11 is 1.13. The van der Waals surface area contributed by atoms with E-state index in [-0.39, 0.29) is 11.3 Å². The van der Waals surface area contributed by atoms with Crippen LogP contribution in [-0.4, -0.2) is 10.5 Å². The first-order chi connectivity index (χ1) is 6.11. The van der Waals surface area contributed by atoms with Crippen LogP contribution < -0.4 is 9.98 Å². The fraction of sp³-hybridized carbons (Fsp3) is 0.500. The van der Waals surface area contributed by atoms with Gasteiger partial charge in [0, 0.05) is 23.6 Å². The second-order valence-corrected chi connectivity index (χ2v) is 3.59. The van der Waals surface area contributed by atoms with Gasteiger partial charge in [-0.15, -0.1) is 0 Å². The van der Waals surface area contributed by atoms with Crippen molar-refractivity contribution in [3.8, 4) is 0 Å². The van der Waals surface area contributed by atoms with E-state index in [0.29, 0.717) is 13.0 Å². The predicted octanol–water partition coefficient (Wildman–Crippen LogP) is -0.252. The maximum Gasteiger partial charge on any atom is 0.307 e.